The Morgan fingerprint density at radius 1 is 1.00 bits per heavy atom. The molecule has 0 aliphatic heterocycles. The van der Waals surface area contributed by atoms with E-state index in [4.69, 9.17) is 11.2 Å². The molecule has 2 atom stereocenters. The van der Waals surface area contributed by atoms with Crippen LogP contribution in [0.4, 0.5) is 10.5 Å². The smallest absolute Gasteiger partial charge is 0.408 e. The molecule has 0 heterocycles. The van der Waals surface area contributed by atoms with Crippen molar-refractivity contribution in [2.45, 2.75) is 58.7 Å². The zero-order valence-corrected chi connectivity index (χ0v) is 24.1. The number of hydrogen-bond acceptors (Lipinski definition) is 5. The number of ether oxygens (including phenoxy) is 1. The van der Waals surface area contributed by atoms with Crippen LogP contribution < -0.4 is 10.6 Å². The number of anilines is 1. The number of amides is 3. The highest BCUT2D eigenvalue weighted by atomic mass is 16.6. The quantitative estimate of drug-likeness (QED) is 0.309. The number of rotatable bonds is 9. The van der Waals surface area contributed by atoms with Gasteiger partial charge >= 0.3 is 6.09 Å². The third-order valence-corrected chi connectivity index (χ3v) is 6.36. The summed E-state index contributed by atoms with van der Waals surface area (Å²) in [5.41, 5.74) is 2.32. The normalized spacial score (nSPS) is 12.4. The maximum atomic E-state index is 14.3. The van der Waals surface area contributed by atoms with Crippen molar-refractivity contribution in [1.29, 1.82) is 0 Å². The lowest BCUT2D eigenvalue weighted by atomic mass is 9.96. The highest BCUT2D eigenvalue weighted by molar-refractivity contribution is 5.99. The fourth-order valence-corrected chi connectivity index (χ4v) is 4.42. The number of hydrogen-bond donors (Lipinski definition) is 3. The predicted octanol–water partition coefficient (Wildman–Crippen LogP) is 5.35. The molecule has 0 saturated heterocycles. The van der Waals surface area contributed by atoms with Crippen LogP contribution >= 0.6 is 0 Å². The number of likely N-dealkylation sites (N-methyl/N-ethyl adjacent to an activating group) is 1. The molecule has 214 valence electrons. The number of aryl methyl sites for hydroxylation is 1. The molecule has 3 aromatic rings. The summed E-state index contributed by atoms with van der Waals surface area (Å²) in [6.07, 6.45) is 5.13. The third kappa shape index (κ3) is 8.36. The van der Waals surface area contributed by atoms with Gasteiger partial charge in [0.1, 0.15) is 23.4 Å². The molecular formula is C33H37N3O5. The van der Waals surface area contributed by atoms with Gasteiger partial charge in [-0.25, -0.2) is 4.79 Å². The Labute approximate surface area is 241 Å². The van der Waals surface area contributed by atoms with E-state index in [1.54, 1.807) is 70.2 Å². The molecule has 3 aromatic carbocycles. The number of carbonyl (C=O) groups is 3. The molecule has 0 aliphatic rings. The number of aromatic hydroxyl groups is 1. The van der Waals surface area contributed by atoms with E-state index in [0.29, 0.717) is 22.4 Å². The van der Waals surface area contributed by atoms with Gasteiger partial charge in [0, 0.05) is 24.2 Å². The lowest BCUT2D eigenvalue weighted by Crippen LogP contribution is -2.53. The van der Waals surface area contributed by atoms with Crippen molar-refractivity contribution in [2.24, 2.45) is 0 Å². The van der Waals surface area contributed by atoms with E-state index in [-0.39, 0.29) is 18.7 Å². The molecule has 41 heavy (non-hydrogen) atoms. The van der Waals surface area contributed by atoms with Crippen LogP contribution in [0.5, 0.6) is 5.75 Å². The van der Waals surface area contributed by atoms with Gasteiger partial charge in [0.25, 0.3) is 5.91 Å². The number of nitrogens with zero attached hydrogens (tertiary/aromatic N) is 1. The maximum Gasteiger partial charge on any atom is 0.408 e. The molecule has 0 fully saturated rings. The van der Waals surface area contributed by atoms with Gasteiger partial charge in [0.15, 0.2) is 0 Å². The zero-order chi connectivity index (χ0) is 30.2. The van der Waals surface area contributed by atoms with E-state index in [1.165, 1.54) is 17.0 Å². The fourth-order valence-electron chi connectivity index (χ4n) is 4.42. The van der Waals surface area contributed by atoms with Crippen molar-refractivity contribution in [2.75, 3.05) is 11.9 Å². The topological polar surface area (TPSA) is 108 Å². The second-order valence-electron chi connectivity index (χ2n) is 10.6. The standard InChI is InChI=1S/C33H37N3O5/c1-7-24-14-10-11-15-26(24)29(30(38)34-27-16-12-9-13-22(27)3)36(8-2)31(39)28(35-32(40)41-33(4,5)6)21-23-17-19-25(37)20-18-23/h1,9-20,28-29,37H,8,21H2,2-6H3,(H,34,38)(H,35,40). The van der Waals surface area contributed by atoms with Gasteiger partial charge in [-0.1, -0.05) is 54.5 Å². The first kappa shape index (κ1) is 30.8. The molecule has 0 aromatic heterocycles. The van der Waals surface area contributed by atoms with E-state index in [2.05, 4.69) is 16.6 Å². The molecule has 0 saturated carbocycles. The minimum atomic E-state index is -1.10. The summed E-state index contributed by atoms with van der Waals surface area (Å²) in [4.78, 5) is 42.5. The molecule has 0 spiro atoms. The largest absolute Gasteiger partial charge is 0.508 e. The van der Waals surface area contributed by atoms with Crippen LogP contribution in [0.1, 0.15) is 56.0 Å². The van der Waals surface area contributed by atoms with E-state index in [1.807, 2.05) is 25.1 Å². The average molecular weight is 556 g/mol. The first-order valence-corrected chi connectivity index (χ1v) is 13.4. The van der Waals surface area contributed by atoms with Crippen molar-refractivity contribution in [3.63, 3.8) is 0 Å². The van der Waals surface area contributed by atoms with Crippen molar-refractivity contribution in [3.05, 3.63) is 95.1 Å². The number of carbonyl (C=O) groups excluding carboxylic acids is 3. The Balaban J connectivity index is 2.06. The Morgan fingerprint density at radius 2 is 1.63 bits per heavy atom. The SMILES string of the molecule is C#Cc1ccccc1C(C(=O)Nc1ccccc1C)N(CC)C(=O)C(Cc1ccc(O)cc1)NC(=O)OC(C)(C)C. The molecule has 0 aliphatic carbocycles. The van der Waals surface area contributed by atoms with Crippen LogP contribution in [0.3, 0.4) is 0 Å². The van der Waals surface area contributed by atoms with E-state index >= 15 is 0 Å². The predicted molar refractivity (Wildman–Crippen MR) is 159 cm³/mol. The van der Waals surface area contributed by atoms with Crippen molar-refractivity contribution in [3.8, 4) is 18.1 Å². The molecule has 2 unspecified atom stereocenters. The number of benzene rings is 3. The summed E-state index contributed by atoms with van der Waals surface area (Å²) < 4.78 is 5.44. The maximum absolute atomic E-state index is 14.3. The summed E-state index contributed by atoms with van der Waals surface area (Å²) >= 11 is 0. The number of terminal acetylenes is 1. The number of phenols is 1. The highest BCUT2D eigenvalue weighted by Crippen LogP contribution is 2.28. The van der Waals surface area contributed by atoms with Crippen LogP contribution in [-0.4, -0.2) is 46.1 Å². The number of para-hydroxylation sites is 1. The minimum absolute atomic E-state index is 0.0748. The summed E-state index contributed by atoms with van der Waals surface area (Å²) in [6, 6.07) is 18.5. The van der Waals surface area contributed by atoms with Crippen LogP contribution in [-0.2, 0) is 20.7 Å². The summed E-state index contributed by atoms with van der Waals surface area (Å²) in [7, 11) is 0. The Morgan fingerprint density at radius 3 is 2.24 bits per heavy atom. The summed E-state index contributed by atoms with van der Waals surface area (Å²) in [5, 5.41) is 15.4. The van der Waals surface area contributed by atoms with Gasteiger partial charge in [-0.05, 0) is 75.6 Å². The highest BCUT2D eigenvalue weighted by Gasteiger charge is 2.36. The van der Waals surface area contributed by atoms with E-state index in [0.717, 1.165) is 5.56 Å². The fraction of sp³-hybridized carbons (Fsp3) is 0.303. The number of alkyl carbamates (subject to hydrolysis) is 1. The Hall–Kier alpha value is -4.77. The van der Waals surface area contributed by atoms with E-state index in [9.17, 15) is 19.5 Å². The zero-order valence-electron chi connectivity index (χ0n) is 24.1. The summed E-state index contributed by atoms with van der Waals surface area (Å²) in [5.74, 6) is 1.76. The molecular weight excluding hydrogens is 518 g/mol. The average Bonchev–Trinajstić information content (AvgIpc) is 2.92. The molecule has 3 N–H and O–H groups in total. The molecule has 8 heteroatoms. The van der Waals surface area contributed by atoms with Gasteiger partial charge in [0.2, 0.25) is 5.91 Å². The van der Waals surface area contributed by atoms with Crippen LogP contribution in [0.2, 0.25) is 0 Å². The van der Waals surface area contributed by atoms with Gasteiger partial charge in [-0.2, -0.15) is 0 Å². The third-order valence-electron chi connectivity index (χ3n) is 6.36. The molecule has 0 radical (unpaired) electrons. The van der Waals surface area contributed by atoms with Crippen molar-refractivity contribution in [1.82, 2.24) is 10.2 Å². The molecule has 8 nitrogen and oxygen atoms in total. The monoisotopic (exact) mass is 555 g/mol. The van der Waals surface area contributed by atoms with Gasteiger partial charge in [-0.3, -0.25) is 9.59 Å². The van der Waals surface area contributed by atoms with E-state index < -0.39 is 35.6 Å². The lowest BCUT2D eigenvalue weighted by Gasteiger charge is -2.34. The van der Waals surface area contributed by atoms with Crippen LogP contribution in [0.25, 0.3) is 0 Å². The Bertz CT molecular complexity index is 1420. The summed E-state index contributed by atoms with van der Waals surface area (Å²) in [6.45, 7) is 8.96. The van der Waals surface area contributed by atoms with Gasteiger partial charge < -0.3 is 25.4 Å². The molecule has 3 rings (SSSR count). The first-order chi connectivity index (χ1) is 19.4. The second-order valence-corrected chi connectivity index (χ2v) is 10.6. The van der Waals surface area contributed by atoms with Crippen molar-refractivity contribution < 1.29 is 24.2 Å². The second kappa shape index (κ2) is 13.5. The van der Waals surface area contributed by atoms with Crippen LogP contribution in [0.15, 0.2) is 72.8 Å². The molecule has 0 bridgehead atoms. The minimum Gasteiger partial charge on any atom is -0.508 e. The molecule has 3 amide bonds. The first-order valence-electron chi connectivity index (χ1n) is 13.4. The lowest BCUT2D eigenvalue weighted by molar-refractivity contribution is -0.140. The van der Waals surface area contributed by atoms with Crippen molar-refractivity contribution >= 4 is 23.6 Å². The van der Waals surface area contributed by atoms with Gasteiger partial charge in [-0.15, -0.1) is 6.42 Å². The Kier molecular flexibility index (Phi) is 10.2. The van der Waals surface area contributed by atoms with Gasteiger partial charge in [0.05, 0.1) is 0 Å². The number of nitrogens with one attached hydrogen (secondary N) is 2. The van der Waals surface area contributed by atoms with Crippen LogP contribution in [0, 0.1) is 19.3 Å². The number of phenolic OH excluding ortho intramolecular Hbond substituents is 1.